The quantitative estimate of drug-likeness (QED) is 0.792. The number of rotatable bonds is 2. The zero-order valence-electron chi connectivity index (χ0n) is 8.98. The van der Waals surface area contributed by atoms with E-state index in [9.17, 15) is 13.5 Å². The Labute approximate surface area is 89.7 Å². The van der Waals surface area contributed by atoms with Gasteiger partial charge < -0.3 is 10.8 Å². The summed E-state index contributed by atoms with van der Waals surface area (Å²) in [5.74, 6) is -0.0922. The lowest BCUT2D eigenvalue weighted by molar-refractivity contribution is 0.433. The Kier molecular flexibility index (Phi) is 2.80. The third-order valence-electron chi connectivity index (χ3n) is 2.05. The summed E-state index contributed by atoms with van der Waals surface area (Å²) < 4.78 is 23.0. The van der Waals surface area contributed by atoms with Crippen molar-refractivity contribution in [2.45, 2.75) is 24.3 Å². The highest BCUT2D eigenvalue weighted by atomic mass is 32.2. The molecule has 0 bridgehead atoms. The van der Waals surface area contributed by atoms with Crippen molar-refractivity contribution < 1.29 is 13.5 Å². The van der Waals surface area contributed by atoms with Crippen LogP contribution >= 0.6 is 0 Å². The fourth-order valence-corrected chi connectivity index (χ4v) is 2.54. The van der Waals surface area contributed by atoms with Gasteiger partial charge in [0.05, 0.1) is 4.90 Å². The summed E-state index contributed by atoms with van der Waals surface area (Å²) in [6.07, 6.45) is 1.09. The number of sulfone groups is 1. The number of benzene rings is 1. The van der Waals surface area contributed by atoms with E-state index in [0.29, 0.717) is 0 Å². The molecule has 0 aliphatic rings. The molecule has 0 heterocycles. The molecule has 15 heavy (non-hydrogen) atoms. The van der Waals surface area contributed by atoms with Gasteiger partial charge in [-0.3, -0.25) is 0 Å². The Morgan fingerprint density at radius 2 is 1.87 bits per heavy atom. The van der Waals surface area contributed by atoms with Crippen LogP contribution in [0.15, 0.2) is 23.1 Å². The maximum atomic E-state index is 11.5. The average Bonchev–Trinajstić information content (AvgIpc) is 1.99. The zero-order chi connectivity index (χ0) is 11.9. The van der Waals surface area contributed by atoms with Crippen molar-refractivity contribution in [2.75, 3.05) is 6.26 Å². The van der Waals surface area contributed by atoms with E-state index in [1.54, 1.807) is 13.8 Å². The van der Waals surface area contributed by atoms with Gasteiger partial charge in [0, 0.05) is 17.4 Å². The van der Waals surface area contributed by atoms with E-state index in [4.69, 9.17) is 5.73 Å². The Hall–Kier alpha value is -1.07. The fourth-order valence-electron chi connectivity index (χ4n) is 1.48. The predicted molar refractivity (Wildman–Crippen MR) is 58.4 cm³/mol. The zero-order valence-corrected chi connectivity index (χ0v) is 9.80. The third-order valence-corrected chi connectivity index (χ3v) is 3.19. The average molecular weight is 229 g/mol. The van der Waals surface area contributed by atoms with Crippen LogP contribution in [0.4, 0.5) is 0 Å². The van der Waals surface area contributed by atoms with Crippen molar-refractivity contribution in [3.05, 3.63) is 23.8 Å². The van der Waals surface area contributed by atoms with Crippen molar-refractivity contribution in [1.29, 1.82) is 0 Å². The van der Waals surface area contributed by atoms with Gasteiger partial charge in [-0.2, -0.15) is 0 Å². The van der Waals surface area contributed by atoms with E-state index in [2.05, 4.69) is 0 Å². The molecule has 5 heteroatoms. The molecule has 0 unspecified atom stereocenters. The minimum Gasteiger partial charge on any atom is -0.508 e. The van der Waals surface area contributed by atoms with Crippen molar-refractivity contribution in [1.82, 2.24) is 0 Å². The van der Waals surface area contributed by atoms with E-state index >= 15 is 0 Å². The fraction of sp³-hybridized carbons (Fsp3) is 0.400. The monoisotopic (exact) mass is 229 g/mol. The van der Waals surface area contributed by atoms with Crippen LogP contribution in [0.1, 0.15) is 19.4 Å². The van der Waals surface area contributed by atoms with Crippen LogP contribution < -0.4 is 5.73 Å². The first-order valence-corrected chi connectivity index (χ1v) is 6.34. The van der Waals surface area contributed by atoms with Crippen molar-refractivity contribution in [3.8, 4) is 5.75 Å². The molecule has 0 radical (unpaired) electrons. The van der Waals surface area contributed by atoms with Gasteiger partial charge in [0.1, 0.15) is 5.75 Å². The standard InChI is InChI=1S/C10H15NO3S/c1-10(2,11)9-7(12)5-4-6-8(9)15(3,13)14/h4-6,12H,11H2,1-3H3. The smallest absolute Gasteiger partial charge is 0.176 e. The molecular weight excluding hydrogens is 214 g/mol. The van der Waals surface area contributed by atoms with Crippen LogP contribution in [0.2, 0.25) is 0 Å². The highest BCUT2D eigenvalue weighted by Gasteiger charge is 2.26. The molecule has 84 valence electrons. The van der Waals surface area contributed by atoms with Gasteiger partial charge in [-0.1, -0.05) is 6.07 Å². The van der Waals surface area contributed by atoms with E-state index < -0.39 is 15.4 Å². The lowest BCUT2D eigenvalue weighted by atomic mass is 9.95. The molecule has 4 nitrogen and oxygen atoms in total. The second kappa shape index (κ2) is 3.50. The number of nitrogens with two attached hydrogens (primary N) is 1. The van der Waals surface area contributed by atoms with Gasteiger partial charge in [0.25, 0.3) is 0 Å². The molecule has 0 spiro atoms. The summed E-state index contributed by atoms with van der Waals surface area (Å²) in [6, 6.07) is 4.36. The van der Waals surface area contributed by atoms with Gasteiger partial charge in [0.15, 0.2) is 9.84 Å². The molecule has 0 fully saturated rings. The number of phenolic OH excluding ortho intramolecular Hbond substituents is 1. The molecule has 0 saturated carbocycles. The normalized spacial score (nSPS) is 12.8. The third kappa shape index (κ3) is 2.49. The van der Waals surface area contributed by atoms with E-state index in [-0.39, 0.29) is 16.2 Å². The molecule has 1 aromatic rings. The predicted octanol–water partition coefficient (Wildman–Crippen LogP) is 0.990. The molecule has 0 saturated heterocycles. The topological polar surface area (TPSA) is 80.4 Å². The van der Waals surface area contributed by atoms with Gasteiger partial charge in [-0.05, 0) is 26.0 Å². The number of aromatic hydroxyl groups is 1. The Morgan fingerprint density at radius 3 is 2.20 bits per heavy atom. The molecule has 1 aromatic carbocycles. The van der Waals surface area contributed by atoms with Crippen LogP contribution in [-0.2, 0) is 15.4 Å². The highest BCUT2D eigenvalue weighted by Crippen LogP contribution is 2.32. The molecular formula is C10H15NO3S. The lowest BCUT2D eigenvalue weighted by Crippen LogP contribution is -2.30. The second-order valence-electron chi connectivity index (χ2n) is 4.14. The van der Waals surface area contributed by atoms with Gasteiger partial charge >= 0.3 is 0 Å². The van der Waals surface area contributed by atoms with E-state index in [1.165, 1.54) is 18.2 Å². The second-order valence-corrected chi connectivity index (χ2v) is 6.13. The molecule has 0 aromatic heterocycles. The highest BCUT2D eigenvalue weighted by molar-refractivity contribution is 7.90. The molecule has 0 aliphatic carbocycles. The Bertz CT molecular complexity index is 472. The summed E-state index contributed by atoms with van der Waals surface area (Å²) in [5, 5.41) is 9.65. The first-order valence-electron chi connectivity index (χ1n) is 4.45. The maximum Gasteiger partial charge on any atom is 0.176 e. The van der Waals surface area contributed by atoms with Gasteiger partial charge in [0.2, 0.25) is 0 Å². The number of phenols is 1. The Morgan fingerprint density at radius 1 is 1.33 bits per heavy atom. The Balaban J connectivity index is 3.63. The SMILES string of the molecule is CC(C)(N)c1c(O)cccc1S(C)(=O)=O. The summed E-state index contributed by atoms with van der Waals surface area (Å²) in [5.41, 5.74) is 5.19. The van der Waals surface area contributed by atoms with Gasteiger partial charge in [-0.25, -0.2) is 8.42 Å². The van der Waals surface area contributed by atoms with Crippen LogP contribution in [-0.4, -0.2) is 19.8 Å². The summed E-state index contributed by atoms with van der Waals surface area (Å²) in [4.78, 5) is 0.0787. The van der Waals surface area contributed by atoms with Crippen LogP contribution in [0.3, 0.4) is 0 Å². The van der Waals surface area contributed by atoms with Crippen molar-refractivity contribution >= 4 is 9.84 Å². The van der Waals surface area contributed by atoms with Crippen molar-refractivity contribution in [3.63, 3.8) is 0 Å². The molecule has 0 atom stereocenters. The molecule has 0 aliphatic heterocycles. The maximum absolute atomic E-state index is 11.5. The lowest BCUT2D eigenvalue weighted by Gasteiger charge is -2.23. The number of hydrogen-bond acceptors (Lipinski definition) is 4. The van der Waals surface area contributed by atoms with Gasteiger partial charge in [-0.15, -0.1) is 0 Å². The molecule has 1 rings (SSSR count). The number of hydrogen-bond donors (Lipinski definition) is 2. The van der Waals surface area contributed by atoms with E-state index in [1.807, 2.05) is 0 Å². The first-order chi connectivity index (χ1) is 6.64. The summed E-state index contributed by atoms with van der Waals surface area (Å²) in [6.45, 7) is 3.30. The summed E-state index contributed by atoms with van der Waals surface area (Å²) in [7, 11) is -3.38. The van der Waals surface area contributed by atoms with Crippen LogP contribution in [0, 0.1) is 0 Å². The van der Waals surface area contributed by atoms with Crippen molar-refractivity contribution in [2.24, 2.45) is 5.73 Å². The summed E-state index contributed by atoms with van der Waals surface area (Å²) >= 11 is 0. The minimum atomic E-state index is -3.38. The largest absolute Gasteiger partial charge is 0.508 e. The van der Waals surface area contributed by atoms with Crippen LogP contribution in [0.5, 0.6) is 5.75 Å². The first kappa shape index (κ1) is 12.0. The minimum absolute atomic E-state index is 0.0787. The molecule has 0 amide bonds. The molecule has 3 N–H and O–H groups in total. The van der Waals surface area contributed by atoms with E-state index in [0.717, 1.165) is 6.26 Å². The van der Waals surface area contributed by atoms with Crippen LogP contribution in [0.25, 0.3) is 0 Å².